The van der Waals surface area contributed by atoms with Gasteiger partial charge in [0.15, 0.2) is 5.78 Å². The predicted molar refractivity (Wildman–Crippen MR) is 105 cm³/mol. The first-order valence-electron chi connectivity index (χ1n) is 8.28. The number of nitrogens with one attached hydrogen (secondary N) is 2. The molecule has 3 rings (SSSR count). The molecule has 3 aromatic rings. The van der Waals surface area contributed by atoms with Crippen LogP contribution in [0.25, 0.3) is 0 Å². The second kappa shape index (κ2) is 8.18. The average molecular weight is 364 g/mol. The largest absolute Gasteiger partial charge is 0.497 e. The predicted octanol–water partition coefficient (Wildman–Crippen LogP) is 4.18. The van der Waals surface area contributed by atoms with Crippen LogP contribution in [-0.2, 0) is 0 Å². The quantitative estimate of drug-likeness (QED) is 0.608. The van der Waals surface area contributed by atoms with Crippen molar-refractivity contribution in [3.63, 3.8) is 0 Å². The van der Waals surface area contributed by atoms with Crippen LogP contribution in [0.4, 0.5) is 23.0 Å². The fourth-order valence-corrected chi connectivity index (χ4v) is 2.47. The standard InChI is InChI=1S/C20H20N4O3/c1-13(25)14-4-6-15(7-5-14)23-19-11-20(22-12-21-19)24-17-9-8-16(26-2)10-18(17)27-3/h4-12H,1-3H3,(H2,21,22,23,24). The lowest BCUT2D eigenvalue weighted by atomic mass is 10.1. The van der Waals surface area contributed by atoms with Gasteiger partial charge in [-0.1, -0.05) is 0 Å². The first-order valence-corrected chi connectivity index (χ1v) is 8.28. The SMILES string of the molecule is COc1ccc(Nc2cc(Nc3ccc(C(C)=O)cc3)ncn2)c(OC)c1. The third kappa shape index (κ3) is 4.52. The van der Waals surface area contributed by atoms with Gasteiger partial charge in [-0.25, -0.2) is 9.97 Å². The third-order valence-corrected chi connectivity index (χ3v) is 3.90. The van der Waals surface area contributed by atoms with E-state index in [1.54, 1.807) is 38.5 Å². The van der Waals surface area contributed by atoms with Crippen molar-refractivity contribution in [2.24, 2.45) is 0 Å². The highest BCUT2D eigenvalue weighted by Crippen LogP contribution is 2.31. The summed E-state index contributed by atoms with van der Waals surface area (Å²) in [6.45, 7) is 1.54. The van der Waals surface area contributed by atoms with E-state index in [0.717, 1.165) is 11.4 Å². The van der Waals surface area contributed by atoms with Crippen LogP contribution >= 0.6 is 0 Å². The van der Waals surface area contributed by atoms with Gasteiger partial charge in [-0.05, 0) is 43.3 Å². The Morgan fingerprint density at radius 1 is 0.889 bits per heavy atom. The molecule has 0 aliphatic carbocycles. The first-order chi connectivity index (χ1) is 13.1. The molecule has 0 aliphatic heterocycles. The molecule has 0 aliphatic rings. The van der Waals surface area contributed by atoms with Gasteiger partial charge in [0.2, 0.25) is 0 Å². The Kier molecular flexibility index (Phi) is 5.51. The molecule has 27 heavy (non-hydrogen) atoms. The molecular weight excluding hydrogens is 344 g/mol. The summed E-state index contributed by atoms with van der Waals surface area (Å²) in [5.41, 5.74) is 2.25. The van der Waals surface area contributed by atoms with Crippen molar-refractivity contribution in [2.75, 3.05) is 24.9 Å². The molecule has 0 saturated heterocycles. The Bertz CT molecular complexity index is 942. The molecular formula is C20H20N4O3. The van der Waals surface area contributed by atoms with Crippen molar-refractivity contribution in [3.8, 4) is 11.5 Å². The van der Waals surface area contributed by atoms with Crippen molar-refractivity contribution in [3.05, 3.63) is 60.4 Å². The van der Waals surface area contributed by atoms with Crippen LogP contribution in [0.3, 0.4) is 0 Å². The van der Waals surface area contributed by atoms with Crippen molar-refractivity contribution < 1.29 is 14.3 Å². The summed E-state index contributed by atoms with van der Waals surface area (Å²) in [4.78, 5) is 19.8. The van der Waals surface area contributed by atoms with Crippen LogP contribution in [0.5, 0.6) is 11.5 Å². The Labute approximate surface area is 157 Å². The van der Waals surface area contributed by atoms with Gasteiger partial charge in [-0.2, -0.15) is 0 Å². The van der Waals surface area contributed by atoms with Crippen LogP contribution in [0.2, 0.25) is 0 Å². The van der Waals surface area contributed by atoms with E-state index in [-0.39, 0.29) is 5.78 Å². The summed E-state index contributed by atoms with van der Waals surface area (Å²) in [6, 6.07) is 14.5. The van der Waals surface area contributed by atoms with Crippen LogP contribution in [0, 0.1) is 0 Å². The lowest BCUT2D eigenvalue weighted by Crippen LogP contribution is -2.00. The number of carbonyl (C=O) groups is 1. The normalized spacial score (nSPS) is 10.2. The highest BCUT2D eigenvalue weighted by Gasteiger charge is 2.07. The molecule has 138 valence electrons. The number of methoxy groups -OCH3 is 2. The van der Waals surface area contributed by atoms with Crippen molar-refractivity contribution in [2.45, 2.75) is 6.92 Å². The van der Waals surface area contributed by atoms with Crippen LogP contribution in [-0.4, -0.2) is 30.0 Å². The first kappa shape index (κ1) is 18.2. The van der Waals surface area contributed by atoms with Gasteiger partial charge in [0, 0.05) is 23.4 Å². The van der Waals surface area contributed by atoms with E-state index < -0.39 is 0 Å². The van der Waals surface area contributed by atoms with Crippen LogP contribution < -0.4 is 20.1 Å². The molecule has 2 N–H and O–H groups in total. The number of carbonyl (C=O) groups excluding carboxylic acids is 1. The van der Waals surface area contributed by atoms with Gasteiger partial charge < -0.3 is 20.1 Å². The monoisotopic (exact) mass is 364 g/mol. The molecule has 7 heteroatoms. The summed E-state index contributed by atoms with van der Waals surface area (Å²) < 4.78 is 10.6. The molecule has 1 aromatic heterocycles. The number of hydrogen-bond acceptors (Lipinski definition) is 7. The fraction of sp³-hybridized carbons (Fsp3) is 0.150. The Morgan fingerprint density at radius 3 is 2.22 bits per heavy atom. The average Bonchev–Trinajstić information content (AvgIpc) is 2.69. The Hall–Kier alpha value is -3.61. The number of anilines is 4. The Morgan fingerprint density at radius 2 is 1.59 bits per heavy atom. The lowest BCUT2D eigenvalue weighted by Gasteiger charge is -2.13. The number of benzene rings is 2. The van der Waals surface area contributed by atoms with E-state index in [9.17, 15) is 4.79 Å². The molecule has 0 bridgehead atoms. The Balaban J connectivity index is 1.76. The van der Waals surface area contributed by atoms with Crippen molar-refractivity contribution in [1.82, 2.24) is 9.97 Å². The molecule has 7 nitrogen and oxygen atoms in total. The van der Waals surface area contributed by atoms with E-state index in [4.69, 9.17) is 9.47 Å². The summed E-state index contributed by atoms with van der Waals surface area (Å²) in [7, 11) is 3.20. The number of ketones is 1. The van der Waals surface area contributed by atoms with Gasteiger partial charge in [0.05, 0.1) is 19.9 Å². The van der Waals surface area contributed by atoms with Crippen molar-refractivity contribution in [1.29, 1.82) is 0 Å². The minimum atomic E-state index is 0.0310. The molecule has 0 saturated carbocycles. The van der Waals surface area contributed by atoms with E-state index in [1.807, 2.05) is 24.3 Å². The topological polar surface area (TPSA) is 85.4 Å². The van der Waals surface area contributed by atoms with E-state index in [2.05, 4.69) is 20.6 Å². The fourth-order valence-electron chi connectivity index (χ4n) is 2.47. The summed E-state index contributed by atoms with van der Waals surface area (Å²) in [5, 5.41) is 6.40. The van der Waals surface area contributed by atoms with E-state index in [0.29, 0.717) is 28.7 Å². The number of hydrogen-bond donors (Lipinski definition) is 2. The number of rotatable bonds is 7. The van der Waals surface area contributed by atoms with E-state index >= 15 is 0 Å². The molecule has 0 amide bonds. The molecule has 1 heterocycles. The van der Waals surface area contributed by atoms with Crippen LogP contribution in [0.1, 0.15) is 17.3 Å². The molecule has 0 fully saturated rings. The molecule has 0 atom stereocenters. The maximum absolute atomic E-state index is 11.4. The maximum Gasteiger partial charge on any atom is 0.159 e. The van der Waals surface area contributed by atoms with Gasteiger partial charge in [-0.15, -0.1) is 0 Å². The highest BCUT2D eigenvalue weighted by molar-refractivity contribution is 5.94. The number of nitrogens with zero attached hydrogens (tertiary/aromatic N) is 2. The summed E-state index contributed by atoms with van der Waals surface area (Å²) in [6.07, 6.45) is 1.46. The number of aromatic nitrogens is 2. The molecule has 0 radical (unpaired) electrons. The van der Waals surface area contributed by atoms with Crippen LogP contribution in [0.15, 0.2) is 54.9 Å². The third-order valence-electron chi connectivity index (χ3n) is 3.90. The summed E-state index contributed by atoms with van der Waals surface area (Å²) in [5.74, 6) is 2.61. The summed E-state index contributed by atoms with van der Waals surface area (Å²) >= 11 is 0. The van der Waals surface area contributed by atoms with Gasteiger partial charge >= 0.3 is 0 Å². The van der Waals surface area contributed by atoms with Gasteiger partial charge in [0.25, 0.3) is 0 Å². The zero-order valence-corrected chi connectivity index (χ0v) is 15.3. The van der Waals surface area contributed by atoms with Crippen molar-refractivity contribution >= 4 is 28.8 Å². The number of ether oxygens (including phenoxy) is 2. The van der Waals surface area contributed by atoms with E-state index in [1.165, 1.54) is 13.3 Å². The minimum Gasteiger partial charge on any atom is -0.497 e. The molecule has 2 aromatic carbocycles. The molecule has 0 unspecified atom stereocenters. The maximum atomic E-state index is 11.4. The second-order valence-corrected chi connectivity index (χ2v) is 5.74. The number of Topliss-reactive ketones (excluding diaryl/α,β-unsaturated/α-hetero) is 1. The zero-order chi connectivity index (χ0) is 19.2. The highest BCUT2D eigenvalue weighted by atomic mass is 16.5. The zero-order valence-electron chi connectivity index (χ0n) is 15.3. The lowest BCUT2D eigenvalue weighted by molar-refractivity contribution is 0.101. The molecule has 0 spiro atoms. The van der Waals surface area contributed by atoms with Gasteiger partial charge in [0.1, 0.15) is 29.5 Å². The van der Waals surface area contributed by atoms with Gasteiger partial charge in [-0.3, -0.25) is 4.79 Å². The minimum absolute atomic E-state index is 0.0310. The second-order valence-electron chi connectivity index (χ2n) is 5.74. The smallest absolute Gasteiger partial charge is 0.159 e.